The van der Waals surface area contributed by atoms with Gasteiger partial charge in [0.25, 0.3) is 0 Å². The Kier molecular flexibility index (Phi) is 3.09. The second-order valence-electron chi connectivity index (χ2n) is 3.12. The van der Waals surface area contributed by atoms with Gasteiger partial charge in [0.2, 0.25) is 0 Å². The third-order valence-corrected chi connectivity index (χ3v) is 2.54. The Morgan fingerprint density at radius 1 is 1.31 bits per heavy atom. The molecule has 2 aromatic rings. The fraction of sp³-hybridized carbons (Fsp3) is 0.200. The smallest absolute Gasteiger partial charge is 0.168 e. The highest BCUT2D eigenvalue weighted by Crippen LogP contribution is 2.28. The van der Waals surface area contributed by atoms with Gasteiger partial charge in [-0.2, -0.15) is 8.75 Å². The van der Waals surface area contributed by atoms with Crippen LogP contribution in [0.2, 0.25) is 0 Å². The summed E-state index contributed by atoms with van der Waals surface area (Å²) in [6, 6.07) is 3.28. The molecule has 0 fully saturated rings. The Balaban J connectivity index is 2.49. The maximum atomic E-state index is 13.5. The van der Waals surface area contributed by atoms with Crippen molar-refractivity contribution >= 4 is 17.5 Å². The number of hydrogen-bond donors (Lipinski definition) is 1. The highest BCUT2D eigenvalue weighted by atomic mass is 32.1. The van der Waals surface area contributed by atoms with Gasteiger partial charge in [0.05, 0.1) is 11.7 Å². The number of benzene rings is 1. The van der Waals surface area contributed by atoms with Gasteiger partial charge in [-0.1, -0.05) is 0 Å². The number of hydrogen-bond acceptors (Lipinski definition) is 4. The van der Waals surface area contributed by atoms with Gasteiger partial charge in [0, 0.05) is 12.1 Å². The maximum absolute atomic E-state index is 13.5. The van der Waals surface area contributed by atoms with Crippen LogP contribution in [0.15, 0.2) is 18.2 Å². The van der Waals surface area contributed by atoms with E-state index in [9.17, 15) is 8.78 Å². The summed E-state index contributed by atoms with van der Waals surface area (Å²) in [5.74, 6) is -0.517. The van der Waals surface area contributed by atoms with Gasteiger partial charge in [-0.3, -0.25) is 0 Å². The van der Waals surface area contributed by atoms with Crippen LogP contribution < -0.4 is 5.32 Å². The first-order valence-corrected chi connectivity index (χ1v) is 5.47. The Labute approximate surface area is 95.5 Å². The Morgan fingerprint density at radius 3 is 2.88 bits per heavy atom. The van der Waals surface area contributed by atoms with E-state index in [0.29, 0.717) is 18.1 Å². The topological polar surface area (TPSA) is 37.8 Å². The minimum Gasteiger partial charge on any atom is -0.368 e. The quantitative estimate of drug-likeness (QED) is 0.897. The number of halogens is 2. The highest BCUT2D eigenvalue weighted by molar-refractivity contribution is 6.99. The third kappa shape index (κ3) is 2.01. The van der Waals surface area contributed by atoms with Crippen LogP contribution in [0.25, 0.3) is 11.3 Å². The van der Waals surface area contributed by atoms with Gasteiger partial charge in [0.15, 0.2) is 5.82 Å². The van der Waals surface area contributed by atoms with Crippen LogP contribution in [0.1, 0.15) is 6.92 Å². The van der Waals surface area contributed by atoms with Crippen molar-refractivity contribution < 1.29 is 8.78 Å². The molecule has 0 bridgehead atoms. The van der Waals surface area contributed by atoms with E-state index < -0.39 is 11.6 Å². The molecule has 0 aliphatic carbocycles. The van der Waals surface area contributed by atoms with Gasteiger partial charge in [0.1, 0.15) is 17.3 Å². The van der Waals surface area contributed by atoms with Crippen molar-refractivity contribution in [2.45, 2.75) is 6.92 Å². The van der Waals surface area contributed by atoms with E-state index in [1.165, 1.54) is 0 Å². The molecule has 1 aromatic heterocycles. The van der Waals surface area contributed by atoms with Crippen molar-refractivity contribution in [2.75, 3.05) is 11.9 Å². The zero-order valence-corrected chi connectivity index (χ0v) is 9.31. The molecule has 0 radical (unpaired) electrons. The third-order valence-electron chi connectivity index (χ3n) is 2.02. The van der Waals surface area contributed by atoms with E-state index in [2.05, 4.69) is 14.1 Å². The minimum absolute atomic E-state index is 0.129. The molecule has 1 N–H and O–H groups in total. The lowest BCUT2D eigenvalue weighted by Crippen LogP contribution is -1.99. The zero-order chi connectivity index (χ0) is 11.5. The van der Waals surface area contributed by atoms with Crippen LogP contribution >= 0.6 is 11.7 Å². The molecule has 0 amide bonds. The second kappa shape index (κ2) is 4.52. The standard InChI is InChI=1S/C10H9F2N3S/c1-2-13-10-9(14-16-15-10)7-5-6(11)3-4-8(7)12/h3-5H,2H2,1H3,(H,13,15). The molecule has 1 aromatic carbocycles. The summed E-state index contributed by atoms with van der Waals surface area (Å²) in [4.78, 5) is 0. The van der Waals surface area contributed by atoms with Crippen molar-refractivity contribution in [2.24, 2.45) is 0 Å². The molecular weight excluding hydrogens is 232 g/mol. The molecule has 0 saturated heterocycles. The molecule has 6 heteroatoms. The largest absolute Gasteiger partial charge is 0.368 e. The molecule has 16 heavy (non-hydrogen) atoms. The Hall–Kier alpha value is -1.56. The molecule has 0 spiro atoms. The molecule has 0 atom stereocenters. The van der Waals surface area contributed by atoms with Crippen molar-refractivity contribution in [3.63, 3.8) is 0 Å². The van der Waals surface area contributed by atoms with E-state index in [-0.39, 0.29) is 5.56 Å². The Bertz CT molecular complexity index is 499. The molecule has 0 aliphatic rings. The minimum atomic E-state index is -0.506. The van der Waals surface area contributed by atoms with Gasteiger partial charge in [-0.05, 0) is 25.1 Å². The molecule has 84 valence electrons. The summed E-state index contributed by atoms with van der Waals surface area (Å²) in [6.45, 7) is 2.54. The van der Waals surface area contributed by atoms with Crippen LogP contribution in [-0.4, -0.2) is 15.3 Å². The predicted octanol–water partition coefficient (Wildman–Crippen LogP) is 2.92. The van der Waals surface area contributed by atoms with E-state index in [1.54, 1.807) is 0 Å². The van der Waals surface area contributed by atoms with E-state index in [0.717, 1.165) is 29.9 Å². The lowest BCUT2D eigenvalue weighted by Gasteiger charge is -2.03. The number of rotatable bonds is 3. The first kappa shape index (κ1) is 10.9. The molecular formula is C10H9F2N3S. The van der Waals surface area contributed by atoms with Gasteiger partial charge in [-0.25, -0.2) is 8.78 Å². The summed E-state index contributed by atoms with van der Waals surface area (Å²) < 4.78 is 34.5. The summed E-state index contributed by atoms with van der Waals surface area (Å²) in [6.07, 6.45) is 0. The highest BCUT2D eigenvalue weighted by Gasteiger charge is 2.14. The molecule has 1 heterocycles. The van der Waals surface area contributed by atoms with Gasteiger partial charge < -0.3 is 5.32 Å². The molecule has 3 nitrogen and oxygen atoms in total. The van der Waals surface area contributed by atoms with E-state index >= 15 is 0 Å². The summed E-state index contributed by atoms with van der Waals surface area (Å²) in [5, 5.41) is 2.95. The first-order chi connectivity index (χ1) is 7.72. The van der Waals surface area contributed by atoms with Gasteiger partial charge >= 0.3 is 0 Å². The van der Waals surface area contributed by atoms with Crippen molar-refractivity contribution in [3.8, 4) is 11.3 Å². The average Bonchev–Trinajstić information content (AvgIpc) is 2.70. The summed E-state index contributed by atoms with van der Waals surface area (Å²) in [7, 11) is 0. The van der Waals surface area contributed by atoms with Crippen LogP contribution in [0.3, 0.4) is 0 Å². The van der Waals surface area contributed by atoms with E-state index in [1.807, 2.05) is 6.92 Å². The predicted molar refractivity (Wildman–Crippen MR) is 59.4 cm³/mol. The lowest BCUT2D eigenvalue weighted by atomic mass is 10.1. The SMILES string of the molecule is CCNc1nsnc1-c1cc(F)ccc1F. The first-order valence-electron chi connectivity index (χ1n) is 4.74. The van der Waals surface area contributed by atoms with E-state index in [4.69, 9.17) is 0 Å². The van der Waals surface area contributed by atoms with Crippen molar-refractivity contribution in [1.82, 2.24) is 8.75 Å². The van der Waals surface area contributed by atoms with Gasteiger partial charge in [-0.15, -0.1) is 0 Å². The second-order valence-corrected chi connectivity index (χ2v) is 3.64. The number of nitrogens with zero attached hydrogens (tertiary/aromatic N) is 2. The number of aromatic nitrogens is 2. The fourth-order valence-corrected chi connectivity index (χ4v) is 1.87. The fourth-order valence-electron chi connectivity index (χ4n) is 1.33. The average molecular weight is 241 g/mol. The van der Waals surface area contributed by atoms with Crippen LogP contribution in [-0.2, 0) is 0 Å². The molecule has 0 saturated carbocycles. The van der Waals surface area contributed by atoms with Crippen LogP contribution in [0.4, 0.5) is 14.6 Å². The van der Waals surface area contributed by atoms with Crippen molar-refractivity contribution in [1.29, 1.82) is 0 Å². The van der Waals surface area contributed by atoms with Crippen LogP contribution in [0, 0.1) is 11.6 Å². The van der Waals surface area contributed by atoms with Crippen LogP contribution in [0.5, 0.6) is 0 Å². The lowest BCUT2D eigenvalue weighted by molar-refractivity contribution is 0.603. The van der Waals surface area contributed by atoms with Crippen molar-refractivity contribution in [3.05, 3.63) is 29.8 Å². The Morgan fingerprint density at radius 2 is 2.12 bits per heavy atom. The monoisotopic (exact) mass is 241 g/mol. The maximum Gasteiger partial charge on any atom is 0.168 e. The molecule has 0 aliphatic heterocycles. The molecule has 0 unspecified atom stereocenters. The normalized spacial score (nSPS) is 10.4. The number of anilines is 1. The summed E-state index contributed by atoms with van der Waals surface area (Å²) in [5.41, 5.74) is 0.480. The summed E-state index contributed by atoms with van der Waals surface area (Å²) >= 11 is 0.964. The molecule has 2 rings (SSSR count). The number of nitrogens with one attached hydrogen (secondary N) is 1. The zero-order valence-electron chi connectivity index (χ0n) is 8.50.